The van der Waals surface area contributed by atoms with E-state index in [4.69, 9.17) is 11.6 Å². The Hall–Kier alpha value is -0.820. The topological polar surface area (TPSA) is 12.4 Å². The van der Waals surface area contributed by atoms with Crippen LogP contribution in [-0.4, -0.2) is 13.3 Å². The van der Waals surface area contributed by atoms with E-state index in [0.717, 1.165) is 5.02 Å². The fraction of sp³-hybridized carbons (Fsp3) is 0.417. The van der Waals surface area contributed by atoms with Crippen LogP contribution in [-0.2, 0) is 5.41 Å². The first-order valence-corrected chi connectivity index (χ1v) is 5.34. The van der Waals surface area contributed by atoms with E-state index >= 15 is 0 Å². The highest BCUT2D eigenvalue weighted by Crippen LogP contribution is 2.42. The molecule has 74 valence electrons. The molecule has 1 aliphatic rings. The van der Waals surface area contributed by atoms with Gasteiger partial charge in [0.2, 0.25) is 0 Å². The summed E-state index contributed by atoms with van der Waals surface area (Å²) in [5.41, 5.74) is 1.55. The number of aliphatic imine (C=N–C) groups is 1. The highest BCUT2D eigenvalue weighted by atomic mass is 35.5. The molecule has 0 radical (unpaired) electrons. The molecule has 2 rings (SSSR count). The number of halogens is 1. The summed E-state index contributed by atoms with van der Waals surface area (Å²) in [5.74, 6) is 0. The predicted octanol–water partition coefficient (Wildman–Crippen LogP) is 3.46. The van der Waals surface area contributed by atoms with Gasteiger partial charge in [0.25, 0.3) is 0 Å². The van der Waals surface area contributed by atoms with Gasteiger partial charge in [-0.25, -0.2) is 0 Å². The number of nitrogens with zero attached hydrogens (tertiary/aromatic N) is 1. The zero-order chi connectivity index (χ0) is 10.0. The maximum Gasteiger partial charge on any atom is 0.0406 e. The fourth-order valence-electron chi connectivity index (χ4n) is 2.08. The van der Waals surface area contributed by atoms with Gasteiger partial charge in [0.05, 0.1) is 0 Å². The third-order valence-electron chi connectivity index (χ3n) is 3.04. The molecule has 1 nitrogen and oxygen atoms in total. The summed E-state index contributed by atoms with van der Waals surface area (Å²) in [6, 6.07) is 8.15. The van der Waals surface area contributed by atoms with Crippen LogP contribution in [0, 0.1) is 0 Å². The van der Waals surface area contributed by atoms with Crippen LogP contribution in [0.25, 0.3) is 0 Å². The smallest absolute Gasteiger partial charge is 0.0406 e. The molecule has 2 heteroatoms. The third kappa shape index (κ3) is 1.57. The van der Waals surface area contributed by atoms with Gasteiger partial charge in [0.15, 0.2) is 0 Å². The van der Waals surface area contributed by atoms with Crippen LogP contribution >= 0.6 is 11.6 Å². The van der Waals surface area contributed by atoms with Crippen LogP contribution < -0.4 is 0 Å². The molecule has 0 atom stereocenters. The van der Waals surface area contributed by atoms with E-state index in [1.165, 1.54) is 24.8 Å². The van der Waals surface area contributed by atoms with Crippen molar-refractivity contribution in [2.45, 2.75) is 24.7 Å². The van der Waals surface area contributed by atoms with Gasteiger partial charge in [0.1, 0.15) is 0 Å². The quantitative estimate of drug-likeness (QED) is 0.659. The van der Waals surface area contributed by atoms with Crippen molar-refractivity contribution in [3.05, 3.63) is 34.9 Å². The Labute approximate surface area is 89.8 Å². The molecule has 1 saturated carbocycles. The van der Waals surface area contributed by atoms with Crippen LogP contribution in [0.1, 0.15) is 24.8 Å². The Balaban J connectivity index is 2.32. The molecule has 0 N–H and O–H groups in total. The second kappa shape index (κ2) is 3.74. The molecule has 1 fully saturated rings. The van der Waals surface area contributed by atoms with Crippen molar-refractivity contribution in [2.75, 3.05) is 7.05 Å². The van der Waals surface area contributed by atoms with Crippen LogP contribution in [0.3, 0.4) is 0 Å². The van der Waals surface area contributed by atoms with Gasteiger partial charge >= 0.3 is 0 Å². The molecule has 0 bridgehead atoms. The van der Waals surface area contributed by atoms with Crippen molar-refractivity contribution >= 4 is 17.8 Å². The van der Waals surface area contributed by atoms with E-state index < -0.39 is 0 Å². The molecule has 0 heterocycles. The first-order valence-electron chi connectivity index (χ1n) is 4.96. The van der Waals surface area contributed by atoms with E-state index in [-0.39, 0.29) is 5.41 Å². The van der Waals surface area contributed by atoms with Gasteiger partial charge in [-0.2, -0.15) is 0 Å². The monoisotopic (exact) mass is 207 g/mol. The Morgan fingerprint density at radius 1 is 1.29 bits per heavy atom. The number of hydrogen-bond donors (Lipinski definition) is 0. The highest BCUT2D eigenvalue weighted by Gasteiger charge is 2.36. The maximum absolute atomic E-state index is 5.87. The molecular weight excluding hydrogens is 194 g/mol. The lowest BCUT2D eigenvalue weighted by Gasteiger charge is -2.39. The second-order valence-corrected chi connectivity index (χ2v) is 4.34. The van der Waals surface area contributed by atoms with Gasteiger partial charge in [-0.1, -0.05) is 30.2 Å². The summed E-state index contributed by atoms with van der Waals surface area (Å²) in [7, 11) is 1.84. The largest absolute Gasteiger partial charge is 0.300 e. The number of rotatable bonds is 2. The van der Waals surface area contributed by atoms with Crippen LogP contribution in [0.15, 0.2) is 29.3 Å². The van der Waals surface area contributed by atoms with E-state index in [0.29, 0.717) is 0 Å². The molecule has 0 aliphatic heterocycles. The first-order chi connectivity index (χ1) is 6.77. The van der Waals surface area contributed by atoms with E-state index in [1.54, 1.807) is 0 Å². The van der Waals surface area contributed by atoms with Gasteiger partial charge in [-0.15, -0.1) is 0 Å². The third-order valence-corrected chi connectivity index (χ3v) is 3.29. The minimum atomic E-state index is 0.208. The van der Waals surface area contributed by atoms with Crippen LogP contribution in [0.2, 0.25) is 5.02 Å². The van der Waals surface area contributed by atoms with Crippen molar-refractivity contribution in [3.8, 4) is 0 Å². The van der Waals surface area contributed by atoms with Crippen molar-refractivity contribution in [3.63, 3.8) is 0 Å². The van der Waals surface area contributed by atoms with E-state index in [1.807, 2.05) is 19.2 Å². The molecule has 0 saturated heterocycles. The van der Waals surface area contributed by atoms with Gasteiger partial charge in [-0.05, 0) is 30.5 Å². The molecule has 0 amide bonds. The molecule has 1 aromatic rings. The van der Waals surface area contributed by atoms with Crippen molar-refractivity contribution in [1.82, 2.24) is 0 Å². The summed E-state index contributed by atoms with van der Waals surface area (Å²) in [6.45, 7) is 0. The van der Waals surface area contributed by atoms with Gasteiger partial charge in [-0.3, -0.25) is 4.99 Å². The SMILES string of the molecule is CN=CC1(c2ccc(Cl)cc2)CCC1. The zero-order valence-electron chi connectivity index (χ0n) is 8.33. The zero-order valence-corrected chi connectivity index (χ0v) is 9.09. The molecule has 0 spiro atoms. The van der Waals surface area contributed by atoms with Crippen molar-refractivity contribution < 1.29 is 0 Å². The molecule has 1 aromatic carbocycles. The Morgan fingerprint density at radius 2 is 1.93 bits per heavy atom. The lowest BCUT2D eigenvalue weighted by molar-refractivity contribution is 0.348. The summed E-state index contributed by atoms with van der Waals surface area (Å²) in [4.78, 5) is 4.17. The Bertz CT molecular complexity index is 336. The average Bonchev–Trinajstić information content (AvgIpc) is 2.13. The lowest BCUT2D eigenvalue weighted by atomic mass is 9.65. The predicted molar refractivity (Wildman–Crippen MR) is 61.4 cm³/mol. The van der Waals surface area contributed by atoms with Crippen molar-refractivity contribution in [1.29, 1.82) is 0 Å². The molecule has 1 aliphatic carbocycles. The minimum absolute atomic E-state index is 0.208. The normalized spacial score (nSPS) is 19.6. The first kappa shape index (κ1) is 9.72. The number of hydrogen-bond acceptors (Lipinski definition) is 1. The van der Waals surface area contributed by atoms with Crippen molar-refractivity contribution in [2.24, 2.45) is 4.99 Å². The van der Waals surface area contributed by atoms with Gasteiger partial charge in [0, 0.05) is 23.7 Å². The highest BCUT2D eigenvalue weighted by molar-refractivity contribution is 6.30. The van der Waals surface area contributed by atoms with Crippen LogP contribution in [0.4, 0.5) is 0 Å². The average molecular weight is 208 g/mol. The molecule has 0 aromatic heterocycles. The summed E-state index contributed by atoms with van der Waals surface area (Å²) < 4.78 is 0. The summed E-state index contributed by atoms with van der Waals surface area (Å²) in [6.07, 6.45) is 5.81. The molecule has 0 unspecified atom stereocenters. The fourth-order valence-corrected chi connectivity index (χ4v) is 2.20. The Morgan fingerprint density at radius 3 is 2.36 bits per heavy atom. The summed E-state index contributed by atoms with van der Waals surface area (Å²) >= 11 is 5.87. The second-order valence-electron chi connectivity index (χ2n) is 3.90. The minimum Gasteiger partial charge on any atom is -0.300 e. The number of benzene rings is 1. The van der Waals surface area contributed by atoms with Gasteiger partial charge < -0.3 is 0 Å². The van der Waals surface area contributed by atoms with Crippen LogP contribution in [0.5, 0.6) is 0 Å². The van der Waals surface area contributed by atoms with E-state index in [2.05, 4.69) is 23.3 Å². The molecule has 14 heavy (non-hydrogen) atoms. The summed E-state index contributed by atoms with van der Waals surface area (Å²) in [5, 5.41) is 0.802. The Kier molecular flexibility index (Phi) is 2.60. The maximum atomic E-state index is 5.87. The molecular formula is C12H14ClN. The lowest BCUT2D eigenvalue weighted by Crippen LogP contribution is -2.35. The standard InChI is InChI=1S/C12H14ClN/c1-14-9-12(7-2-8-12)10-3-5-11(13)6-4-10/h3-6,9H,2,7-8H2,1H3. The van der Waals surface area contributed by atoms with E-state index in [9.17, 15) is 0 Å².